The minimum Gasteiger partial charge on any atom is -0.0804 e. The lowest BCUT2D eigenvalue weighted by atomic mass is 9.83. The number of fused-ring (bicyclic) bond motifs is 3. The lowest BCUT2D eigenvalue weighted by Crippen LogP contribution is -2.04. The second-order valence-electron chi connectivity index (χ2n) is 6.36. The first-order valence-electron chi connectivity index (χ1n) is 7.85. The van der Waals surface area contributed by atoms with Gasteiger partial charge in [0.25, 0.3) is 0 Å². The van der Waals surface area contributed by atoms with Crippen LogP contribution in [0.5, 0.6) is 0 Å². The first kappa shape index (κ1) is 12.6. The van der Waals surface area contributed by atoms with Crippen LogP contribution in [0.25, 0.3) is 11.1 Å². The topological polar surface area (TPSA) is 0 Å². The molecule has 1 atom stereocenters. The molecule has 2 aliphatic carbocycles. The molecule has 0 amide bonds. The van der Waals surface area contributed by atoms with Gasteiger partial charge in [-0.25, -0.2) is 0 Å². The summed E-state index contributed by atoms with van der Waals surface area (Å²) in [5.41, 5.74) is 8.93. The Morgan fingerprint density at radius 2 is 1.76 bits per heavy atom. The van der Waals surface area contributed by atoms with Gasteiger partial charge in [-0.3, -0.25) is 0 Å². The van der Waals surface area contributed by atoms with Crippen LogP contribution in [0.15, 0.2) is 66.3 Å². The summed E-state index contributed by atoms with van der Waals surface area (Å²) < 4.78 is 0. The zero-order valence-corrected chi connectivity index (χ0v) is 12.6. The predicted octanol–water partition coefficient (Wildman–Crippen LogP) is 5.81. The van der Waals surface area contributed by atoms with Crippen LogP contribution >= 0.6 is 0 Å². The number of rotatable bonds is 2. The molecule has 4 rings (SSSR count). The number of hydrogen-bond donors (Lipinski definition) is 0. The Morgan fingerprint density at radius 3 is 2.52 bits per heavy atom. The van der Waals surface area contributed by atoms with E-state index in [-0.39, 0.29) is 0 Å². The van der Waals surface area contributed by atoms with Crippen molar-refractivity contribution in [2.75, 3.05) is 0 Å². The molecule has 0 bridgehead atoms. The third-order valence-corrected chi connectivity index (χ3v) is 4.78. The van der Waals surface area contributed by atoms with Gasteiger partial charge in [0, 0.05) is 5.92 Å². The molecule has 21 heavy (non-hydrogen) atoms. The van der Waals surface area contributed by atoms with Gasteiger partial charge in [0.05, 0.1) is 0 Å². The zero-order valence-electron chi connectivity index (χ0n) is 12.6. The van der Waals surface area contributed by atoms with Crippen molar-refractivity contribution in [1.82, 2.24) is 0 Å². The Hall–Kier alpha value is -2.08. The van der Waals surface area contributed by atoms with Gasteiger partial charge in [-0.05, 0) is 40.2 Å². The average Bonchev–Trinajstić information content (AvgIpc) is 3.11. The summed E-state index contributed by atoms with van der Waals surface area (Å²) >= 11 is 0. The average molecular weight is 272 g/mol. The molecule has 1 unspecified atom stereocenters. The van der Waals surface area contributed by atoms with Gasteiger partial charge in [-0.1, -0.05) is 80.1 Å². The molecule has 0 saturated heterocycles. The lowest BCUT2D eigenvalue weighted by molar-refractivity contribution is 0.827. The molecule has 0 fully saturated rings. The van der Waals surface area contributed by atoms with Crippen molar-refractivity contribution in [3.63, 3.8) is 0 Å². The van der Waals surface area contributed by atoms with Gasteiger partial charge in [-0.2, -0.15) is 0 Å². The molecule has 2 aliphatic rings. The fourth-order valence-electron chi connectivity index (χ4n) is 3.86. The minimum atomic E-state index is 0.449. The van der Waals surface area contributed by atoms with Gasteiger partial charge >= 0.3 is 0 Å². The quantitative estimate of drug-likeness (QED) is 0.647. The highest BCUT2D eigenvalue weighted by Crippen LogP contribution is 2.51. The molecular formula is C21H20. The Labute approximate surface area is 126 Å². The molecule has 0 N–H and O–H groups in total. The highest BCUT2D eigenvalue weighted by Gasteiger charge is 2.33. The van der Waals surface area contributed by atoms with Crippen LogP contribution in [0.1, 0.15) is 48.8 Å². The van der Waals surface area contributed by atoms with E-state index in [0.29, 0.717) is 11.8 Å². The molecule has 0 aromatic heterocycles. The monoisotopic (exact) mass is 272 g/mol. The first-order valence-corrected chi connectivity index (χ1v) is 7.85. The minimum absolute atomic E-state index is 0.449. The van der Waals surface area contributed by atoms with Crippen molar-refractivity contribution in [2.45, 2.75) is 32.1 Å². The summed E-state index contributed by atoms with van der Waals surface area (Å²) in [6.07, 6.45) is 7.88. The normalized spacial score (nSPS) is 18.8. The van der Waals surface area contributed by atoms with Crippen molar-refractivity contribution in [1.29, 1.82) is 0 Å². The van der Waals surface area contributed by atoms with E-state index >= 15 is 0 Å². The van der Waals surface area contributed by atoms with Crippen LogP contribution in [0.3, 0.4) is 0 Å². The molecule has 104 valence electrons. The van der Waals surface area contributed by atoms with E-state index in [1.165, 1.54) is 27.8 Å². The van der Waals surface area contributed by atoms with Crippen LogP contribution in [0, 0.1) is 0 Å². The largest absolute Gasteiger partial charge is 0.0804 e. The van der Waals surface area contributed by atoms with Gasteiger partial charge in [0.2, 0.25) is 0 Å². The van der Waals surface area contributed by atoms with Gasteiger partial charge in [-0.15, -0.1) is 0 Å². The van der Waals surface area contributed by atoms with E-state index in [0.717, 1.165) is 6.42 Å². The number of allylic oxidation sites excluding steroid dienone is 4. The Kier molecular flexibility index (Phi) is 2.85. The molecule has 0 nitrogen and oxygen atoms in total. The highest BCUT2D eigenvalue weighted by atomic mass is 14.4. The van der Waals surface area contributed by atoms with Gasteiger partial charge in [0.15, 0.2) is 0 Å². The van der Waals surface area contributed by atoms with Crippen LogP contribution in [-0.4, -0.2) is 0 Å². The summed E-state index contributed by atoms with van der Waals surface area (Å²) in [6.45, 7) is 4.61. The summed E-state index contributed by atoms with van der Waals surface area (Å²) in [5.74, 6) is 1.01. The van der Waals surface area contributed by atoms with Crippen molar-refractivity contribution in [3.8, 4) is 11.1 Å². The summed E-state index contributed by atoms with van der Waals surface area (Å²) in [7, 11) is 0. The molecule has 0 saturated carbocycles. The molecular weight excluding hydrogens is 252 g/mol. The zero-order chi connectivity index (χ0) is 14.4. The second kappa shape index (κ2) is 4.73. The van der Waals surface area contributed by atoms with Gasteiger partial charge in [0.1, 0.15) is 0 Å². The van der Waals surface area contributed by atoms with Crippen molar-refractivity contribution in [3.05, 3.63) is 83.0 Å². The van der Waals surface area contributed by atoms with Crippen molar-refractivity contribution >= 4 is 0 Å². The van der Waals surface area contributed by atoms with Crippen LogP contribution in [-0.2, 0) is 0 Å². The molecule has 0 heteroatoms. The maximum Gasteiger partial charge on any atom is 0.0320 e. The standard InChI is InChI=1S/C21H20/c1-14(2)16-12-7-13-19-17-10-5-6-11-18(17)20(21(16)19)15-8-3-4-9-15/h3-8,10-14,20H,9H2,1-2H3. The van der Waals surface area contributed by atoms with E-state index in [2.05, 4.69) is 74.5 Å². The number of benzene rings is 2. The third kappa shape index (κ3) is 1.82. The highest BCUT2D eigenvalue weighted by molar-refractivity contribution is 5.82. The second-order valence-corrected chi connectivity index (χ2v) is 6.36. The third-order valence-electron chi connectivity index (χ3n) is 4.78. The van der Waals surface area contributed by atoms with Gasteiger partial charge < -0.3 is 0 Å². The van der Waals surface area contributed by atoms with E-state index in [9.17, 15) is 0 Å². The molecule has 2 aromatic carbocycles. The molecule has 0 aliphatic heterocycles. The summed E-state index contributed by atoms with van der Waals surface area (Å²) in [4.78, 5) is 0. The number of hydrogen-bond acceptors (Lipinski definition) is 0. The fraction of sp³-hybridized carbons (Fsp3) is 0.238. The first-order chi connectivity index (χ1) is 10.3. The SMILES string of the molecule is CC(C)c1cccc2c1C(C1=CC=CC1)c1ccccc1-2. The van der Waals surface area contributed by atoms with E-state index in [1.54, 1.807) is 5.56 Å². The molecule has 0 heterocycles. The fourth-order valence-corrected chi connectivity index (χ4v) is 3.86. The summed E-state index contributed by atoms with van der Waals surface area (Å²) in [5, 5.41) is 0. The predicted molar refractivity (Wildman–Crippen MR) is 89.7 cm³/mol. The van der Waals surface area contributed by atoms with E-state index < -0.39 is 0 Å². The lowest BCUT2D eigenvalue weighted by Gasteiger charge is -2.20. The maximum atomic E-state index is 2.31. The Balaban J connectivity index is 2.00. The molecule has 2 aromatic rings. The van der Waals surface area contributed by atoms with Crippen molar-refractivity contribution < 1.29 is 0 Å². The molecule has 0 radical (unpaired) electrons. The van der Waals surface area contributed by atoms with E-state index in [1.807, 2.05) is 0 Å². The Morgan fingerprint density at radius 1 is 0.952 bits per heavy atom. The summed E-state index contributed by atoms with van der Waals surface area (Å²) in [6, 6.07) is 15.7. The van der Waals surface area contributed by atoms with Crippen molar-refractivity contribution in [2.24, 2.45) is 0 Å². The van der Waals surface area contributed by atoms with Crippen LogP contribution in [0.2, 0.25) is 0 Å². The molecule has 0 spiro atoms. The maximum absolute atomic E-state index is 2.31. The van der Waals surface area contributed by atoms with Crippen LogP contribution in [0.4, 0.5) is 0 Å². The van der Waals surface area contributed by atoms with E-state index in [4.69, 9.17) is 0 Å². The smallest absolute Gasteiger partial charge is 0.0320 e. The van der Waals surface area contributed by atoms with Crippen LogP contribution < -0.4 is 0 Å². The Bertz CT molecular complexity index is 759.